The molecule has 10 heteroatoms. The van der Waals surface area contributed by atoms with Gasteiger partial charge in [0.05, 0.1) is 36.6 Å². The van der Waals surface area contributed by atoms with Gasteiger partial charge >= 0.3 is 0 Å². The molecule has 1 fully saturated rings. The molecule has 0 bridgehead atoms. The van der Waals surface area contributed by atoms with E-state index in [9.17, 15) is 13.2 Å². The highest BCUT2D eigenvalue weighted by atomic mass is 19.3. The topological polar surface area (TPSA) is 55.5 Å². The minimum Gasteiger partial charge on any atom is -0.379 e. The Labute approximate surface area is 185 Å². The molecule has 168 valence electrons. The third-order valence-electron chi connectivity index (χ3n) is 5.30. The number of nitrogens with zero attached hydrogens (tertiary/aromatic N) is 5. The lowest BCUT2D eigenvalue weighted by molar-refractivity contribution is -0.00300. The molecule has 2 aromatic heterocycles. The van der Waals surface area contributed by atoms with Crippen molar-refractivity contribution in [3.8, 4) is 11.8 Å². The van der Waals surface area contributed by atoms with Crippen LogP contribution in [-0.2, 0) is 4.74 Å². The summed E-state index contributed by atoms with van der Waals surface area (Å²) in [5, 5.41) is 7.93. The highest BCUT2D eigenvalue weighted by Crippen LogP contribution is 2.34. The van der Waals surface area contributed by atoms with Gasteiger partial charge < -0.3 is 9.64 Å². The number of rotatable bonds is 4. The van der Waals surface area contributed by atoms with Crippen molar-refractivity contribution >= 4 is 28.2 Å². The van der Waals surface area contributed by atoms with Gasteiger partial charge in [0.1, 0.15) is 23.3 Å². The summed E-state index contributed by atoms with van der Waals surface area (Å²) < 4.78 is 63.4. The van der Waals surface area contributed by atoms with E-state index in [-0.39, 0.29) is 28.6 Å². The van der Waals surface area contributed by atoms with E-state index in [1.54, 1.807) is 13.0 Å². The minimum absolute atomic E-state index is 0.00272. The number of anilines is 2. The summed E-state index contributed by atoms with van der Waals surface area (Å²) in [5.74, 6) is 5.02. The molecule has 0 atom stereocenters. The van der Waals surface area contributed by atoms with E-state index in [0.29, 0.717) is 30.1 Å². The van der Waals surface area contributed by atoms with Crippen molar-refractivity contribution in [2.75, 3.05) is 24.7 Å². The van der Waals surface area contributed by atoms with Crippen LogP contribution in [0.1, 0.15) is 11.4 Å². The Bertz CT molecular complexity index is 1420. The normalized spacial score (nSPS) is 13.9. The van der Waals surface area contributed by atoms with Gasteiger partial charge in [0, 0.05) is 11.3 Å². The van der Waals surface area contributed by atoms with Crippen LogP contribution in [0.15, 0.2) is 36.4 Å². The van der Waals surface area contributed by atoms with Crippen LogP contribution in [0.25, 0.3) is 16.7 Å². The van der Waals surface area contributed by atoms with E-state index in [0.717, 1.165) is 11.0 Å². The predicted octanol–water partition coefficient (Wildman–Crippen LogP) is 4.27. The first kappa shape index (κ1) is 21.2. The summed E-state index contributed by atoms with van der Waals surface area (Å²) in [4.78, 5) is 5.42. The third-order valence-corrected chi connectivity index (χ3v) is 5.30. The average molecular weight is 455 g/mol. The van der Waals surface area contributed by atoms with Crippen molar-refractivity contribution in [2.24, 2.45) is 5.92 Å². The zero-order valence-corrected chi connectivity index (χ0v) is 17.4. The Kier molecular flexibility index (Phi) is 5.34. The van der Waals surface area contributed by atoms with Gasteiger partial charge in [-0.25, -0.2) is 17.6 Å². The molecule has 4 aromatic rings. The second-order valence-corrected chi connectivity index (χ2v) is 7.66. The quantitative estimate of drug-likeness (QED) is 0.340. The maximum absolute atomic E-state index is 15.0. The molecule has 1 saturated heterocycles. The van der Waals surface area contributed by atoms with Crippen molar-refractivity contribution in [3.05, 3.63) is 59.4 Å². The van der Waals surface area contributed by atoms with E-state index in [1.165, 1.54) is 28.7 Å². The van der Waals surface area contributed by atoms with Gasteiger partial charge in [-0.1, -0.05) is 17.9 Å². The van der Waals surface area contributed by atoms with Gasteiger partial charge in [0.2, 0.25) is 0 Å². The maximum atomic E-state index is 15.0. The number of hydrogen-bond acceptors (Lipinski definition) is 5. The van der Waals surface area contributed by atoms with Crippen LogP contribution in [0.4, 0.5) is 29.1 Å². The number of fused-ring (bicyclic) bond motifs is 3. The molecule has 0 amide bonds. The van der Waals surface area contributed by atoms with Crippen molar-refractivity contribution in [3.63, 3.8) is 0 Å². The van der Waals surface area contributed by atoms with Crippen molar-refractivity contribution in [1.29, 1.82) is 0 Å². The van der Waals surface area contributed by atoms with Gasteiger partial charge in [0.15, 0.2) is 0 Å². The van der Waals surface area contributed by atoms with Gasteiger partial charge in [-0.2, -0.15) is 4.98 Å². The van der Waals surface area contributed by atoms with Gasteiger partial charge in [0.25, 0.3) is 12.2 Å². The van der Waals surface area contributed by atoms with Gasteiger partial charge in [-0.05, 0) is 37.3 Å². The Morgan fingerprint density at radius 2 is 2.00 bits per heavy atom. The Morgan fingerprint density at radius 3 is 2.73 bits per heavy atom. The SMILES string of the molecule is Cc1nnc2nc(N(CC(F)F)c3cc(F)cc(C#CC4COC4)c3)c3c(F)cccc3n12. The number of aryl methyl sites for hydroxylation is 1. The zero-order valence-electron chi connectivity index (χ0n) is 17.4. The van der Waals surface area contributed by atoms with E-state index in [1.807, 2.05) is 0 Å². The van der Waals surface area contributed by atoms with Crippen LogP contribution in [0.2, 0.25) is 0 Å². The lowest BCUT2D eigenvalue weighted by Gasteiger charge is -2.25. The van der Waals surface area contributed by atoms with Gasteiger partial charge in [-0.3, -0.25) is 4.40 Å². The van der Waals surface area contributed by atoms with E-state index < -0.39 is 24.6 Å². The molecule has 6 nitrogen and oxygen atoms in total. The third kappa shape index (κ3) is 3.96. The molecule has 0 spiro atoms. The fourth-order valence-corrected chi connectivity index (χ4v) is 3.73. The maximum Gasteiger partial charge on any atom is 0.257 e. The van der Waals surface area contributed by atoms with Crippen LogP contribution in [0, 0.1) is 36.3 Å². The van der Waals surface area contributed by atoms with Gasteiger partial charge in [-0.15, -0.1) is 10.2 Å². The summed E-state index contributed by atoms with van der Waals surface area (Å²) >= 11 is 0. The first-order valence-electron chi connectivity index (χ1n) is 10.2. The average Bonchev–Trinajstić information content (AvgIpc) is 3.11. The fraction of sp³-hybridized carbons (Fsp3) is 0.261. The van der Waals surface area contributed by atoms with Crippen LogP contribution in [0.3, 0.4) is 0 Å². The van der Waals surface area contributed by atoms with E-state index in [2.05, 4.69) is 27.0 Å². The van der Waals surface area contributed by atoms with Crippen LogP contribution < -0.4 is 4.90 Å². The molecule has 1 aliphatic rings. The zero-order chi connectivity index (χ0) is 23.1. The van der Waals surface area contributed by atoms with Crippen LogP contribution in [0.5, 0.6) is 0 Å². The number of ether oxygens (including phenoxy) is 1. The molecule has 3 heterocycles. The Balaban J connectivity index is 1.72. The standard InChI is InChI=1S/C23H17F4N5O/c1-13-29-30-23-28-22(21-18(25)3-2-4-19(21)32(13)23)31(10-20(26)27)17-8-14(7-16(24)9-17)5-6-15-11-33-12-15/h2-4,7-9,15,20H,10-12H2,1H3. The first-order valence-corrected chi connectivity index (χ1v) is 10.2. The molecule has 2 aromatic carbocycles. The van der Waals surface area contributed by atoms with Crippen molar-refractivity contribution in [2.45, 2.75) is 13.3 Å². The lowest BCUT2D eigenvalue weighted by Crippen LogP contribution is -2.26. The van der Waals surface area contributed by atoms with Crippen molar-refractivity contribution < 1.29 is 22.3 Å². The van der Waals surface area contributed by atoms with E-state index >= 15 is 4.39 Å². The minimum atomic E-state index is -2.81. The molecule has 1 aliphatic heterocycles. The highest BCUT2D eigenvalue weighted by molar-refractivity contribution is 5.94. The second-order valence-electron chi connectivity index (χ2n) is 7.66. The van der Waals surface area contributed by atoms with Crippen LogP contribution >= 0.6 is 0 Å². The number of hydrogen-bond donors (Lipinski definition) is 0. The number of benzene rings is 2. The second kappa shape index (κ2) is 8.33. The molecule has 0 radical (unpaired) electrons. The lowest BCUT2D eigenvalue weighted by atomic mass is 10.1. The molecule has 0 saturated carbocycles. The smallest absolute Gasteiger partial charge is 0.257 e. The molecule has 0 aliphatic carbocycles. The summed E-state index contributed by atoms with van der Waals surface area (Å²) in [7, 11) is 0. The molecule has 0 N–H and O–H groups in total. The fourth-order valence-electron chi connectivity index (χ4n) is 3.73. The molecular weight excluding hydrogens is 438 g/mol. The largest absolute Gasteiger partial charge is 0.379 e. The van der Waals surface area contributed by atoms with E-state index in [4.69, 9.17) is 4.74 Å². The number of alkyl halides is 2. The predicted molar refractivity (Wildman–Crippen MR) is 114 cm³/mol. The number of halogens is 4. The summed E-state index contributed by atoms with van der Waals surface area (Å²) in [5.41, 5.74) is 0.737. The van der Waals surface area contributed by atoms with Crippen LogP contribution in [-0.4, -0.2) is 45.8 Å². The molecule has 33 heavy (non-hydrogen) atoms. The Morgan fingerprint density at radius 1 is 1.18 bits per heavy atom. The molecular formula is C23H17F4N5O. The monoisotopic (exact) mass is 455 g/mol. The Hall–Kier alpha value is -3.71. The summed E-state index contributed by atoms with van der Waals surface area (Å²) in [6.07, 6.45) is -2.81. The number of aromatic nitrogens is 4. The van der Waals surface area contributed by atoms with Crippen molar-refractivity contribution in [1.82, 2.24) is 19.6 Å². The highest BCUT2D eigenvalue weighted by Gasteiger charge is 2.24. The molecule has 5 rings (SSSR count). The summed E-state index contributed by atoms with van der Waals surface area (Å²) in [6, 6.07) is 8.12. The summed E-state index contributed by atoms with van der Waals surface area (Å²) in [6.45, 7) is 1.83. The molecule has 0 unspecified atom stereocenters. The first-order chi connectivity index (χ1) is 15.9.